The number of ether oxygens (including phenoxy) is 1. The number of carboxylic acids is 1. The Morgan fingerprint density at radius 3 is 2.57 bits per heavy atom. The molecule has 0 spiro atoms. The van der Waals surface area contributed by atoms with E-state index in [1.165, 1.54) is 18.9 Å². The second-order valence-electron chi connectivity index (χ2n) is 6.53. The van der Waals surface area contributed by atoms with Gasteiger partial charge in [0.1, 0.15) is 6.61 Å². The van der Waals surface area contributed by atoms with E-state index in [-0.39, 0.29) is 11.0 Å². The smallest absolute Gasteiger partial charge is 0.335 e. The highest BCUT2D eigenvalue weighted by Crippen LogP contribution is 2.24. The zero-order valence-electron chi connectivity index (χ0n) is 13.1. The first-order valence-electron chi connectivity index (χ1n) is 7.47. The third-order valence-corrected chi connectivity index (χ3v) is 3.67. The summed E-state index contributed by atoms with van der Waals surface area (Å²) >= 11 is 0. The van der Waals surface area contributed by atoms with Gasteiger partial charge >= 0.3 is 5.97 Å². The summed E-state index contributed by atoms with van der Waals surface area (Å²) in [6.07, 6.45) is 2.50. The Kier molecular flexibility index (Phi) is 4.83. The maximum atomic E-state index is 11.2. The molecule has 1 aromatic heterocycles. The number of carboxylic acid groups (broad SMARTS) is 1. The summed E-state index contributed by atoms with van der Waals surface area (Å²) in [5.41, 5.74) is 0.753. The Labute approximate surface area is 125 Å². The van der Waals surface area contributed by atoms with Crippen LogP contribution in [0.2, 0.25) is 0 Å². The number of hydrogen-bond donors (Lipinski definition) is 1. The van der Waals surface area contributed by atoms with Crippen molar-refractivity contribution in [3.63, 3.8) is 0 Å². The second kappa shape index (κ2) is 6.43. The molecule has 1 aliphatic rings. The minimum atomic E-state index is -0.952. The lowest BCUT2D eigenvalue weighted by Crippen LogP contribution is -2.25. The lowest BCUT2D eigenvalue weighted by atomic mass is 9.91. The fraction of sp³-hybridized carbons (Fsp3) is 0.625. The molecule has 1 saturated heterocycles. The van der Waals surface area contributed by atoms with Crippen LogP contribution in [0, 0.1) is 0 Å². The van der Waals surface area contributed by atoms with E-state index in [4.69, 9.17) is 4.74 Å². The van der Waals surface area contributed by atoms with Gasteiger partial charge in [-0.25, -0.2) is 9.78 Å². The number of pyridine rings is 1. The molecular formula is C16H24N2O3. The van der Waals surface area contributed by atoms with Gasteiger partial charge in [-0.1, -0.05) is 20.8 Å². The highest BCUT2D eigenvalue weighted by Gasteiger charge is 2.20. The van der Waals surface area contributed by atoms with Crippen LogP contribution in [0.25, 0.3) is 0 Å². The van der Waals surface area contributed by atoms with Gasteiger partial charge in [-0.05, 0) is 32.0 Å². The van der Waals surface area contributed by atoms with Crippen LogP contribution < -0.4 is 4.74 Å². The normalized spacial score (nSPS) is 16.1. The molecule has 0 unspecified atom stereocenters. The van der Waals surface area contributed by atoms with Crippen molar-refractivity contribution in [2.75, 3.05) is 26.2 Å². The highest BCUT2D eigenvalue weighted by molar-refractivity contribution is 5.88. The molecule has 0 aromatic carbocycles. The number of carbonyl (C=O) groups is 1. The summed E-state index contributed by atoms with van der Waals surface area (Å²) in [5, 5.41) is 9.21. The molecule has 0 amide bonds. The van der Waals surface area contributed by atoms with Crippen molar-refractivity contribution in [1.29, 1.82) is 0 Å². The number of aromatic carboxylic acids is 1. The Bertz CT molecular complexity index is 503. The first kappa shape index (κ1) is 15.8. The number of aromatic nitrogens is 1. The van der Waals surface area contributed by atoms with Crippen molar-refractivity contribution in [3.05, 3.63) is 23.4 Å². The lowest BCUT2D eigenvalue weighted by molar-refractivity contribution is 0.0695. The van der Waals surface area contributed by atoms with Crippen LogP contribution in [-0.4, -0.2) is 47.2 Å². The van der Waals surface area contributed by atoms with Crippen LogP contribution in [0.15, 0.2) is 12.1 Å². The quantitative estimate of drug-likeness (QED) is 0.903. The monoisotopic (exact) mass is 292 g/mol. The fourth-order valence-electron chi connectivity index (χ4n) is 2.37. The SMILES string of the molecule is CC(C)(C)c1cc(C(=O)O)cc(OCCN2CCCC2)n1. The summed E-state index contributed by atoms with van der Waals surface area (Å²) < 4.78 is 5.68. The van der Waals surface area contributed by atoms with Crippen molar-refractivity contribution in [2.45, 2.75) is 39.0 Å². The van der Waals surface area contributed by atoms with Gasteiger partial charge in [0.05, 0.1) is 11.3 Å². The predicted molar refractivity (Wildman–Crippen MR) is 81.1 cm³/mol. The van der Waals surface area contributed by atoms with Gasteiger partial charge in [-0.2, -0.15) is 0 Å². The van der Waals surface area contributed by atoms with Crippen LogP contribution in [0.4, 0.5) is 0 Å². The molecule has 21 heavy (non-hydrogen) atoms. The van der Waals surface area contributed by atoms with E-state index >= 15 is 0 Å². The maximum absolute atomic E-state index is 11.2. The maximum Gasteiger partial charge on any atom is 0.335 e. The standard InChI is InChI=1S/C16H24N2O3/c1-16(2,3)13-10-12(15(19)20)11-14(17-13)21-9-8-18-6-4-5-7-18/h10-11H,4-9H2,1-3H3,(H,19,20). The molecular weight excluding hydrogens is 268 g/mol. The summed E-state index contributed by atoms with van der Waals surface area (Å²) in [6.45, 7) is 9.68. The second-order valence-corrected chi connectivity index (χ2v) is 6.53. The van der Waals surface area contributed by atoms with Crippen LogP contribution in [0.5, 0.6) is 5.88 Å². The Morgan fingerprint density at radius 2 is 2.00 bits per heavy atom. The molecule has 5 nitrogen and oxygen atoms in total. The first-order chi connectivity index (χ1) is 9.86. The van der Waals surface area contributed by atoms with Gasteiger partial charge in [0.15, 0.2) is 0 Å². The van der Waals surface area contributed by atoms with Crippen molar-refractivity contribution in [1.82, 2.24) is 9.88 Å². The van der Waals surface area contributed by atoms with Crippen molar-refractivity contribution in [3.8, 4) is 5.88 Å². The number of likely N-dealkylation sites (tertiary alicyclic amines) is 1. The lowest BCUT2D eigenvalue weighted by Gasteiger charge is -2.20. The highest BCUT2D eigenvalue weighted by atomic mass is 16.5. The molecule has 0 radical (unpaired) electrons. The van der Waals surface area contributed by atoms with Crippen molar-refractivity contribution >= 4 is 5.97 Å². The minimum absolute atomic E-state index is 0.210. The van der Waals surface area contributed by atoms with Crippen LogP contribution >= 0.6 is 0 Å². The minimum Gasteiger partial charge on any atom is -0.478 e. The van der Waals surface area contributed by atoms with Gasteiger partial charge in [0, 0.05) is 18.0 Å². The Morgan fingerprint density at radius 1 is 1.33 bits per heavy atom. The molecule has 116 valence electrons. The summed E-state index contributed by atoms with van der Waals surface area (Å²) in [4.78, 5) is 18.0. The molecule has 0 saturated carbocycles. The van der Waals surface area contributed by atoms with E-state index in [9.17, 15) is 9.90 Å². The topological polar surface area (TPSA) is 62.7 Å². The zero-order chi connectivity index (χ0) is 15.5. The number of hydrogen-bond acceptors (Lipinski definition) is 4. The fourth-order valence-corrected chi connectivity index (χ4v) is 2.37. The molecule has 1 aliphatic heterocycles. The molecule has 1 aromatic rings. The van der Waals surface area contributed by atoms with E-state index < -0.39 is 5.97 Å². The average molecular weight is 292 g/mol. The largest absolute Gasteiger partial charge is 0.478 e. The first-order valence-corrected chi connectivity index (χ1v) is 7.47. The third-order valence-electron chi connectivity index (χ3n) is 3.67. The zero-order valence-corrected chi connectivity index (χ0v) is 13.1. The Hall–Kier alpha value is -1.62. The molecule has 0 atom stereocenters. The van der Waals surface area contributed by atoms with Crippen LogP contribution in [0.3, 0.4) is 0 Å². The van der Waals surface area contributed by atoms with E-state index in [1.54, 1.807) is 6.07 Å². The van der Waals surface area contributed by atoms with Gasteiger partial charge in [-0.3, -0.25) is 4.90 Å². The van der Waals surface area contributed by atoms with E-state index in [1.807, 2.05) is 20.8 Å². The third kappa shape index (κ3) is 4.43. The molecule has 2 heterocycles. The molecule has 1 N–H and O–H groups in total. The van der Waals surface area contributed by atoms with E-state index in [2.05, 4.69) is 9.88 Å². The summed E-state index contributed by atoms with van der Waals surface area (Å²) in [6, 6.07) is 3.12. The average Bonchev–Trinajstić information content (AvgIpc) is 2.90. The molecule has 5 heteroatoms. The molecule has 1 fully saturated rings. The molecule has 0 bridgehead atoms. The van der Waals surface area contributed by atoms with E-state index in [0.717, 1.165) is 25.3 Å². The molecule has 0 aliphatic carbocycles. The Balaban J connectivity index is 2.06. The van der Waals surface area contributed by atoms with Gasteiger partial charge in [0.2, 0.25) is 5.88 Å². The van der Waals surface area contributed by atoms with E-state index in [0.29, 0.717) is 12.5 Å². The summed E-state index contributed by atoms with van der Waals surface area (Å²) in [5.74, 6) is -0.550. The van der Waals surface area contributed by atoms with Crippen LogP contribution in [0.1, 0.15) is 49.7 Å². The van der Waals surface area contributed by atoms with Crippen molar-refractivity contribution in [2.24, 2.45) is 0 Å². The van der Waals surface area contributed by atoms with Gasteiger partial charge in [0.25, 0.3) is 0 Å². The molecule has 2 rings (SSSR count). The summed E-state index contributed by atoms with van der Waals surface area (Å²) in [7, 11) is 0. The van der Waals surface area contributed by atoms with Gasteiger partial charge < -0.3 is 9.84 Å². The predicted octanol–water partition coefficient (Wildman–Crippen LogP) is 2.55. The van der Waals surface area contributed by atoms with Crippen LogP contribution in [-0.2, 0) is 5.41 Å². The number of rotatable bonds is 5. The number of nitrogens with zero attached hydrogens (tertiary/aromatic N) is 2. The van der Waals surface area contributed by atoms with Gasteiger partial charge in [-0.15, -0.1) is 0 Å². The van der Waals surface area contributed by atoms with Crippen molar-refractivity contribution < 1.29 is 14.6 Å².